The molecule has 0 radical (unpaired) electrons. The highest BCUT2D eigenvalue weighted by atomic mass is 32.2. The SMILES string of the molecule is CCOc1ccc(C[C@H](C(=O)O)N(C)S(=O)(=O)c2ccc(C)cc2)cc1. The van der Waals surface area contributed by atoms with E-state index in [1.807, 2.05) is 13.8 Å². The van der Waals surface area contributed by atoms with Crippen LogP contribution in [0.4, 0.5) is 0 Å². The number of aryl methyl sites for hydroxylation is 1. The number of nitrogens with zero attached hydrogens (tertiary/aromatic N) is 1. The first kappa shape index (κ1) is 19.9. The van der Waals surface area contributed by atoms with Crippen molar-refractivity contribution in [1.82, 2.24) is 4.31 Å². The summed E-state index contributed by atoms with van der Waals surface area (Å²) in [5.41, 5.74) is 1.64. The highest BCUT2D eigenvalue weighted by Gasteiger charge is 2.32. The van der Waals surface area contributed by atoms with Crippen LogP contribution in [0.25, 0.3) is 0 Å². The van der Waals surface area contributed by atoms with Crippen molar-refractivity contribution in [3.05, 3.63) is 59.7 Å². The van der Waals surface area contributed by atoms with Crippen LogP contribution in [0.1, 0.15) is 18.1 Å². The summed E-state index contributed by atoms with van der Waals surface area (Å²) in [5.74, 6) is -0.513. The third kappa shape index (κ3) is 4.62. The molecule has 0 amide bonds. The highest BCUT2D eigenvalue weighted by Crippen LogP contribution is 2.21. The van der Waals surface area contributed by atoms with Crippen LogP contribution in [0.2, 0.25) is 0 Å². The molecule has 0 fully saturated rings. The van der Waals surface area contributed by atoms with E-state index >= 15 is 0 Å². The summed E-state index contributed by atoms with van der Waals surface area (Å²) in [6, 6.07) is 12.1. The highest BCUT2D eigenvalue weighted by molar-refractivity contribution is 7.89. The fourth-order valence-corrected chi connectivity index (χ4v) is 3.84. The van der Waals surface area contributed by atoms with Crippen LogP contribution < -0.4 is 4.74 Å². The number of ether oxygens (including phenoxy) is 1. The largest absolute Gasteiger partial charge is 0.494 e. The van der Waals surface area contributed by atoms with Gasteiger partial charge in [0, 0.05) is 7.05 Å². The lowest BCUT2D eigenvalue weighted by molar-refractivity contribution is -0.141. The molecule has 26 heavy (non-hydrogen) atoms. The van der Waals surface area contributed by atoms with Crippen LogP contribution >= 0.6 is 0 Å². The monoisotopic (exact) mass is 377 g/mol. The minimum absolute atomic E-state index is 0.0589. The van der Waals surface area contributed by atoms with E-state index in [1.54, 1.807) is 36.4 Å². The first-order valence-corrected chi connectivity index (χ1v) is 9.69. The Balaban J connectivity index is 2.25. The van der Waals surface area contributed by atoms with Gasteiger partial charge in [0.1, 0.15) is 11.8 Å². The number of hydrogen-bond acceptors (Lipinski definition) is 4. The zero-order valence-corrected chi connectivity index (χ0v) is 15.9. The first-order valence-electron chi connectivity index (χ1n) is 8.25. The quantitative estimate of drug-likeness (QED) is 0.765. The summed E-state index contributed by atoms with van der Waals surface area (Å²) in [6.45, 7) is 4.26. The van der Waals surface area contributed by atoms with Crippen molar-refractivity contribution in [2.45, 2.75) is 31.2 Å². The van der Waals surface area contributed by atoms with Crippen molar-refractivity contribution in [3.8, 4) is 5.75 Å². The van der Waals surface area contributed by atoms with Crippen molar-refractivity contribution >= 4 is 16.0 Å². The Morgan fingerprint density at radius 3 is 2.19 bits per heavy atom. The van der Waals surface area contributed by atoms with Gasteiger partial charge in [-0.2, -0.15) is 4.31 Å². The fourth-order valence-electron chi connectivity index (χ4n) is 2.53. The molecule has 0 spiro atoms. The number of sulfonamides is 1. The smallest absolute Gasteiger partial charge is 0.322 e. The molecule has 0 aliphatic rings. The van der Waals surface area contributed by atoms with E-state index in [0.717, 1.165) is 9.87 Å². The van der Waals surface area contributed by atoms with Crippen LogP contribution in [0.15, 0.2) is 53.4 Å². The van der Waals surface area contributed by atoms with Crippen molar-refractivity contribution in [2.75, 3.05) is 13.7 Å². The van der Waals surface area contributed by atoms with Crippen LogP contribution in [-0.4, -0.2) is 43.5 Å². The van der Waals surface area contributed by atoms with Gasteiger partial charge in [0.15, 0.2) is 0 Å². The summed E-state index contributed by atoms with van der Waals surface area (Å²) in [4.78, 5) is 11.8. The number of benzene rings is 2. The van der Waals surface area contributed by atoms with Gasteiger partial charge >= 0.3 is 5.97 Å². The van der Waals surface area contributed by atoms with E-state index in [1.165, 1.54) is 19.2 Å². The third-order valence-corrected chi connectivity index (χ3v) is 5.97. The molecule has 2 aromatic rings. The number of rotatable bonds is 8. The number of carboxylic acids is 1. The number of likely N-dealkylation sites (N-methyl/N-ethyl adjacent to an activating group) is 1. The Bertz CT molecular complexity index is 845. The predicted molar refractivity (Wildman–Crippen MR) is 98.9 cm³/mol. The molecule has 0 aliphatic carbocycles. The summed E-state index contributed by atoms with van der Waals surface area (Å²) < 4.78 is 31.8. The van der Waals surface area contributed by atoms with Gasteiger partial charge in [0.25, 0.3) is 0 Å². The van der Waals surface area contributed by atoms with Gasteiger partial charge in [-0.05, 0) is 50.1 Å². The summed E-state index contributed by atoms with van der Waals surface area (Å²) in [7, 11) is -2.61. The molecule has 0 heterocycles. The van der Waals surface area contributed by atoms with Gasteiger partial charge < -0.3 is 9.84 Å². The normalized spacial score (nSPS) is 12.8. The lowest BCUT2D eigenvalue weighted by Crippen LogP contribution is -2.43. The maximum atomic E-state index is 12.8. The molecular formula is C19H23NO5S. The third-order valence-electron chi connectivity index (χ3n) is 4.09. The molecule has 0 saturated heterocycles. The Morgan fingerprint density at radius 1 is 1.12 bits per heavy atom. The van der Waals surface area contributed by atoms with Gasteiger partial charge in [-0.25, -0.2) is 8.42 Å². The van der Waals surface area contributed by atoms with Crippen molar-refractivity contribution in [1.29, 1.82) is 0 Å². The van der Waals surface area contributed by atoms with Crippen LogP contribution in [-0.2, 0) is 21.2 Å². The molecular weight excluding hydrogens is 354 g/mol. The number of hydrogen-bond donors (Lipinski definition) is 1. The van der Waals surface area contributed by atoms with Gasteiger partial charge in [-0.1, -0.05) is 29.8 Å². The molecule has 1 N–H and O–H groups in total. The van der Waals surface area contributed by atoms with Crippen molar-refractivity contribution < 1.29 is 23.1 Å². The molecule has 0 bridgehead atoms. The average molecular weight is 377 g/mol. The fraction of sp³-hybridized carbons (Fsp3) is 0.316. The molecule has 6 nitrogen and oxygen atoms in total. The molecule has 7 heteroatoms. The second kappa shape index (κ2) is 8.33. The van der Waals surface area contributed by atoms with Crippen molar-refractivity contribution in [3.63, 3.8) is 0 Å². The minimum atomic E-state index is -3.91. The first-order chi connectivity index (χ1) is 12.3. The standard InChI is InChI=1S/C19H23NO5S/c1-4-25-16-9-7-15(8-10-16)13-18(19(21)22)20(3)26(23,24)17-11-5-14(2)6-12-17/h5-12,18H,4,13H2,1-3H3,(H,21,22)/t18-/m1/s1. The average Bonchev–Trinajstić information content (AvgIpc) is 2.61. The van der Waals surface area contributed by atoms with E-state index in [9.17, 15) is 18.3 Å². The van der Waals surface area contributed by atoms with Gasteiger partial charge in [0.05, 0.1) is 11.5 Å². The number of aliphatic carboxylic acids is 1. The van der Waals surface area contributed by atoms with E-state index < -0.39 is 22.0 Å². The molecule has 2 rings (SSSR count). The Labute approximate surface area is 154 Å². The van der Waals surface area contributed by atoms with Gasteiger partial charge in [0.2, 0.25) is 10.0 Å². The number of carbonyl (C=O) groups is 1. The second-order valence-electron chi connectivity index (χ2n) is 5.97. The van der Waals surface area contributed by atoms with Gasteiger partial charge in [-0.15, -0.1) is 0 Å². The number of carboxylic acid groups (broad SMARTS) is 1. The summed E-state index contributed by atoms with van der Waals surface area (Å²) >= 11 is 0. The van der Waals surface area contributed by atoms with Crippen LogP contribution in [0.5, 0.6) is 5.75 Å². The Kier molecular flexibility index (Phi) is 6.39. The second-order valence-corrected chi connectivity index (χ2v) is 7.97. The maximum absolute atomic E-state index is 12.8. The Morgan fingerprint density at radius 2 is 1.69 bits per heavy atom. The molecule has 0 aromatic heterocycles. The summed E-state index contributed by atoms with van der Waals surface area (Å²) in [6.07, 6.45) is 0.0589. The van der Waals surface area contributed by atoms with Crippen LogP contribution in [0.3, 0.4) is 0 Å². The molecule has 2 aromatic carbocycles. The predicted octanol–water partition coefficient (Wildman–Crippen LogP) is 2.71. The zero-order chi connectivity index (χ0) is 19.3. The van der Waals surface area contributed by atoms with Gasteiger partial charge in [-0.3, -0.25) is 4.79 Å². The summed E-state index contributed by atoms with van der Waals surface area (Å²) in [5, 5.41) is 9.57. The minimum Gasteiger partial charge on any atom is -0.494 e. The molecule has 0 saturated carbocycles. The van der Waals surface area contributed by atoms with E-state index in [4.69, 9.17) is 4.74 Å². The van der Waals surface area contributed by atoms with E-state index in [-0.39, 0.29) is 11.3 Å². The topological polar surface area (TPSA) is 83.9 Å². The van der Waals surface area contributed by atoms with Crippen molar-refractivity contribution in [2.24, 2.45) is 0 Å². The maximum Gasteiger partial charge on any atom is 0.322 e. The Hall–Kier alpha value is -2.38. The molecule has 0 aliphatic heterocycles. The lowest BCUT2D eigenvalue weighted by Gasteiger charge is -2.24. The van der Waals surface area contributed by atoms with E-state index in [2.05, 4.69) is 0 Å². The molecule has 140 valence electrons. The molecule has 0 unspecified atom stereocenters. The zero-order valence-electron chi connectivity index (χ0n) is 15.0. The van der Waals surface area contributed by atoms with Crippen LogP contribution in [0, 0.1) is 6.92 Å². The lowest BCUT2D eigenvalue weighted by atomic mass is 10.1. The molecule has 1 atom stereocenters. The van der Waals surface area contributed by atoms with E-state index in [0.29, 0.717) is 17.9 Å².